The lowest BCUT2D eigenvalue weighted by Gasteiger charge is -2.15. The fourth-order valence-electron chi connectivity index (χ4n) is 2.18. The van der Waals surface area contributed by atoms with Crippen LogP contribution in [0.25, 0.3) is 0 Å². The molecule has 0 saturated heterocycles. The standard InChI is InChI=1S/C18H22BrNO/c1-3-11-20-12-15-9-6-10-17(19)18(15)21-13-16-8-5-4-7-14(16)2/h4-10,20H,3,11-13H2,1-2H3. The van der Waals surface area contributed by atoms with Crippen LogP contribution in [-0.4, -0.2) is 6.54 Å². The van der Waals surface area contributed by atoms with Gasteiger partial charge in [-0.3, -0.25) is 0 Å². The van der Waals surface area contributed by atoms with E-state index >= 15 is 0 Å². The Kier molecular flexibility index (Phi) is 6.27. The molecule has 0 aliphatic rings. The van der Waals surface area contributed by atoms with Crippen molar-refractivity contribution in [2.24, 2.45) is 0 Å². The first-order valence-corrected chi connectivity index (χ1v) is 8.17. The van der Waals surface area contributed by atoms with E-state index in [0.717, 1.165) is 29.7 Å². The monoisotopic (exact) mass is 347 g/mol. The molecule has 0 bridgehead atoms. The zero-order chi connectivity index (χ0) is 15.1. The van der Waals surface area contributed by atoms with Gasteiger partial charge >= 0.3 is 0 Å². The Labute approximate surface area is 135 Å². The summed E-state index contributed by atoms with van der Waals surface area (Å²) in [4.78, 5) is 0. The van der Waals surface area contributed by atoms with Gasteiger partial charge in [-0.15, -0.1) is 0 Å². The van der Waals surface area contributed by atoms with Crippen molar-refractivity contribution in [3.63, 3.8) is 0 Å². The Bertz CT molecular complexity index is 583. The lowest BCUT2D eigenvalue weighted by molar-refractivity contribution is 0.299. The number of hydrogen-bond donors (Lipinski definition) is 1. The van der Waals surface area contributed by atoms with Crippen molar-refractivity contribution < 1.29 is 4.74 Å². The Morgan fingerprint density at radius 1 is 1.05 bits per heavy atom. The van der Waals surface area contributed by atoms with Crippen LogP contribution < -0.4 is 10.1 Å². The van der Waals surface area contributed by atoms with Gasteiger partial charge in [-0.05, 0) is 53.0 Å². The normalized spacial score (nSPS) is 10.6. The summed E-state index contributed by atoms with van der Waals surface area (Å²) in [7, 11) is 0. The molecular weight excluding hydrogens is 326 g/mol. The van der Waals surface area contributed by atoms with Gasteiger partial charge in [0, 0.05) is 12.1 Å². The van der Waals surface area contributed by atoms with Crippen molar-refractivity contribution in [2.45, 2.75) is 33.4 Å². The highest BCUT2D eigenvalue weighted by Crippen LogP contribution is 2.30. The molecule has 2 aromatic rings. The van der Waals surface area contributed by atoms with Gasteiger partial charge in [0.05, 0.1) is 4.47 Å². The summed E-state index contributed by atoms with van der Waals surface area (Å²) in [5.41, 5.74) is 3.67. The predicted octanol–water partition coefficient (Wildman–Crippen LogP) is 4.84. The summed E-state index contributed by atoms with van der Waals surface area (Å²) in [6.07, 6.45) is 1.13. The van der Waals surface area contributed by atoms with E-state index in [1.807, 2.05) is 12.1 Å². The molecule has 1 N–H and O–H groups in total. The maximum Gasteiger partial charge on any atom is 0.138 e. The van der Waals surface area contributed by atoms with Gasteiger partial charge in [0.25, 0.3) is 0 Å². The molecule has 0 heterocycles. The summed E-state index contributed by atoms with van der Waals surface area (Å²) in [6, 6.07) is 14.5. The van der Waals surface area contributed by atoms with E-state index in [1.165, 1.54) is 16.7 Å². The van der Waals surface area contributed by atoms with Crippen molar-refractivity contribution in [1.82, 2.24) is 5.32 Å². The molecule has 2 nitrogen and oxygen atoms in total. The second kappa shape index (κ2) is 8.20. The summed E-state index contributed by atoms with van der Waals surface area (Å²) < 4.78 is 7.09. The number of ether oxygens (including phenoxy) is 1. The lowest BCUT2D eigenvalue weighted by atomic mass is 10.1. The lowest BCUT2D eigenvalue weighted by Crippen LogP contribution is -2.14. The molecule has 112 valence electrons. The number of para-hydroxylation sites is 1. The van der Waals surface area contributed by atoms with Gasteiger partial charge in [0.2, 0.25) is 0 Å². The Hall–Kier alpha value is -1.32. The molecular formula is C18H22BrNO. The van der Waals surface area contributed by atoms with Gasteiger partial charge in [-0.25, -0.2) is 0 Å². The van der Waals surface area contributed by atoms with E-state index in [-0.39, 0.29) is 0 Å². The van der Waals surface area contributed by atoms with Crippen LogP contribution in [0.4, 0.5) is 0 Å². The van der Waals surface area contributed by atoms with Crippen LogP contribution in [0.1, 0.15) is 30.0 Å². The minimum absolute atomic E-state index is 0.593. The van der Waals surface area contributed by atoms with Gasteiger partial charge in [0.15, 0.2) is 0 Å². The first-order chi connectivity index (χ1) is 10.2. The smallest absolute Gasteiger partial charge is 0.138 e. The number of hydrogen-bond acceptors (Lipinski definition) is 2. The molecule has 0 aliphatic carbocycles. The highest BCUT2D eigenvalue weighted by molar-refractivity contribution is 9.10. The molecule has 2 rings (SSSR count). The predicted molar refractivity (Wildman–Crippen MR) is 91.7 cm³/mol. The summed E-state index contributed by atoms with van der Waals surface area (Å²) in [5, 5.41) is 3.43. The van der Waals surface area contributed by atoms with Gasteiger partial charge < -0.3 is 10.1 Å². The molecule has 0 spiro atoms. The van der Waals surface area contributed by atoms with Crippen molar-refractivity contribution in [2.75, 3.05) is 6.54 Å². The maximum atomic E-state index is 6.08. The molecule has 21 heavy (non-hydrogen) atoms. The molecule has 0 fully saturated rings. The second-order valence-electron chi connectivity index (χ2n) is 5.12. The molecule has 0 atom stereocenters. The third kappa shape index (κ3) is 4.58. The highest BCUT2D eigenvalue weighted by Gasteiger charge is 2.08. The third-order valence-electron chi connectivity index (χ3n) is 3.42. The average Bonchev–Trinajstić information content (AvgIpc) is 2.48. The van der Waals surface area contributed by atoms with Gasteiger partial charge in [-0.2, -0.15) is 0 Å². The number of aryl methyl sites for hydroxylation is 1. The van der Waals surface area contributed by atoms with E-state index in [4.69, 9.17) is 4.74 Å². The van der Waals surface area contributed by atoms with Crippen LogP contribution in [0.15, 0.2) is 46.9 Å². The van der Waals surface area contributed by atoms with Crippen LogP contribution in [0.3, 0.4) is 0 Å². The van der Waals surface area contributed by atoms with Gasteiger partial charge in [0.1, 0.15) is 12.4 Å². The Morgan fingerprint density at radius 2 is 1.81 bits per heavy atom. The number of nitrogens with one attached hydrogen (secondary N) is 1. The fourth-order valence-corrected chi connectivity index (χ4v) is 2.70. The van der Waals surface area contributed by atoms with Crippen LogP contribution in [0.5, 0.6) is 5.75 Å². The SMILES string of the molecule is CCCNCc1cccc(Br)c1OCc1ccccc1C. The van der Waals surface area contributed by atoms with Crippen molar-refractivity contribution in [3.05, 3.63) is 63.6 Å². The Balaban J connectivity index is 2.09. The van der Waals surface area contributed by atoms with Crippen LogP contribution in [-0.2, 0) is 13.2 Å². The minimum atomic E-state index is 0.593. The summed E-state index contributed by atoms with van der Waals surface area (Å²) >= 11 is 3.60. The van der Waals surface area contributed by atoms with E-state index in [2.05, 4.69) is 65.4 Å². The third-order valence-corrected chi connectivity index (χ3v) is 4.05. The van der Waals surface area contributed by atoms with Crippen LogP contribution in [0, 0.1) is 6.92 Å². The van der Waals surface area contributed by atoms with Crippen molar-refractivity contribution >= 4 is 15.9 Å². The molecule has 0 unspecified atom stereocenters. The molecule has 0 aliphatic heterocycles. The number of benzene rings is 2. The molecule has 0 radical (unpaired) electrons. The first-order valence-electron chi connectivity index (χ1n) is 7.37. The summed E-state index contributed by atoms with van der Waals surface area (Å²) in [5.74, 6) is 0.935. The Morgan fingerprint density at radius 3 is 2.57 bits per heavy atom. The number of halogens is 1. The topological polar surface area (TPSA) is 21.3 Å². The molecule has 0 amide bonds. The second-order valence-corrected chi connectivity index (χ2v) is 5.97. The van der Waals surface area contributed by atoms with Crippen LogP contribution >= 0.6 is 15.9 Å². The largest absolute Gasteiger partial charge is 0.487 e. The van der Waals surface area contributed by atoms with Crippen molar-refractivity contribution in [1.29, 1.82) is 0 Å². The molecule has 3 heteroatoms. The maximum absolute atomic E-state index is 6.08. The summed E-state index contributed by atoms with van der Waals surface area (Å²) in [6.45, 7) is 6.72. The molecule has 2 aromatic carbocycles. The highest BCUT2D eigenvalue weighted by atomic mass is 79.9. The zero-order valence-corrected chi connectivity index (χ0v) is 14.2. The fraction of sp³-hybridized carbons (Fsp3) is 0.333. The average molecular weight is 348 g/mol. The van der Waals surface area contributed by atoms with Gasteiger partial charge in [-0.1, -0.05) is 43.3 Å². The van der Waals surface area contributed by atoms with E-state index < -0.39 is 0 Å². The molecule has 0 saturated carbocycles. The number of rotatable bonds is 7. The van der Waals surface area contributed by atoms with Crippen molar-refractivity contribution in [3.8, 4) is 5.75 Å². The minimum Gasteiger partial charge on any atom is -0.487 e. The van der Waals surface area contributed by atoms with Crippen LogP contribution in [0.2, 0.25) is 0 Å². The van der Waals surface area contributed by atoms with E-state index in [9.17, 15) is 0 Å². The first kappa shape index (κ1) is 16.1. The van der Waals surface area contributed by atoms with E-state index in [0.29, 0.717) is 6.61 Å². The molecule has 0 aromatic heterocycles. The quantitative estimate of drug-likeness (QED) is 0.723. The zero-order valence-electron chi connectivity index (χ0n) is 12.7. The van der Waals surface area contributed by atoms with E-state index in [1.54, 1.807) is 0 Å².